The van der Waals surface area contributed by atoms with Crippen LogP contribution in [0.15, 0.2) is 11.6 Å². The summed E-state index contributed by atoms with van der Waals surface area (Å²) < 4.78 is 4.72. The van der Waals surface area contributed by atoms with E-state index in [0.29, 0.717) is 5.57 Å². The van der Waals surface area contributed by atoms with Gasteiger partial charge in [0.05, 0.1) is 0 Å². The van der Waals surface area contributed by atoms with E-state index in [9.17, 15) is 19.8 Å². The van der Waals surface area contributed by atoms with Gasteiger partial charge in [0.25, 0.3) is 0 Å². The number of ether oxygens (including phenoxy) is 1. The van der Waals surface area contributed by atoms with Crippen molar-refractivity contribution in [1.82, 2.24) is 0 Å². The number of hydrogen-bond acceptors (Lipinski definition) is 5. The lowest BCUT2D eigenvalue weighted by Crippen LogP contribution is -2.49. The Morgan fingerprint density at radius 2 is 1.56 bits per heavy atom. The van der Waals surface area contributed by atoms with Gasteiger partial charge in [0.15, 0.2) is 0 Å². The van der Waals surface area contributed by atoms with Crippen LogP contribution in [0.1, 0.15) is 34.6 Å². The fourth-order valence-corrected chi connectivity index (χ4v) is 0.813. The van der Waals surface area contributed by atoms with Gasteiger partial charge in [0.2, 0.25) is 5.78 Å². The van der Waals surface area contributed by atoms with E-state index in [1.165, 1.54) is 0 Å². The van der Waals surface area contributed by atoms with E-state index in [2.05, 4.69) is 0 Å². The maximum atomic E-state index is 11.3. The molecule has 2 N–H and O–H groups in total. The van der Waals surface area contributed by atoms with Crippen molar-refractivity contribution in [3.05, 3.63) is 11.6 Å². The summed E-state index contributed by atoms with van der Waals surface area (Å²) in [5.74, 6) is -5.60. The highest BCUT2D eigenvalue weighted by Crippen LogP contribution is 2.14. The summed E-state index contributed by atoms with van der Waals surface area (Å²) in [5, 5.41) is 18.7. The molecule has 0 amide bonds. The van der Waals surface area contributed by atoms with Crippen molar-refractivity contribution in [3.8, 4) is 0 Å². The molecule has 0 atom stereocenters. The van der Waals surface area contributed by atoms with E-state index >= 15 is 0 Å². The van der Waals surface area contributed by atoms with Crippen molar-refractivity contribution in [3.63, 3.8) is 0 Å². The van der Waals surface area contributed by atoms with Crippen molar-refractivity contribution in [2.45, 2.75) is 46.0 Å². The first-order chi connectivity index (χ1) is 6.97. The molecule has 0 rings (SSSR count). The third-order valence-corrected chi connectivity index (χ3v) is 1.45. The number of esters is 1. The van der Waals surface area contributed by atoms with Crippen LogP contribution in [0.25, 0.3) is 0 Å². The van der Waals surface area contributed by atoms with Crippen LogP contribution in [0, 0.1) is 0 Å². The highest BCUT2D eigenvalue weighted by atomic mass is 16.6. The monoisotopic (exact) mass is 230 g/mol. The molecular weight excluding hydrogens is 212 g/mol. The van der Waals surface area contributed by atoms with Gasteiger partial charge in [-0.2, -0.15) is 0 Å². The van der Waals surface area contributed by atoms with Gasteiger partial charge in [0, 0.05) is 0 Å². The number of allylic oxidation sites excluding steroid dienone is 1. The van der Waals surface area contributed by atoms with Crippen molar-refractivity contribution in [1.29, 1.82) is 0 Å². The minimum absolute atomic E-state index is 0.557. The molecule has 92 valence electrons. The predicted molar refractivity (Wildman–Crippen MR) is 57.5 cm³/mol. The molecule has 0 spiro atoms. The largest absolute Gasteiger partial charge is 0.456 e. The Bertz CT molecular complexity index is 316. The molecule has 0 saturated heterocycles. The summed E-state index contributed by atoms with van der Waals surface area (Å²) in [5.41, 5.74) is -0.333. The second-order valence-electron chi connectivity index (χ2n) is 4.76. The van der Waals surface area contributed by atoms with Crippen LogP contribution in [0.3, 0.4) is 0 Å². The molecule has 0 radical (unpaired) electrons. The molecule has 0 aliphatic rings. The molecule has 5 nitrogen and oxygen atoms in total. The van der Waals surface area contributed by atoms with Crippen LogP contribution < -0.4 is 0 Å². The molecule has 0 heterocycles. The van der Waals surface area contributed by atoms with Crippen LogP contribution >= 0.6 is 0 Å². The second-order valence-corrected chi connectivity index (χ2v) is 4.76. The zero-order valence-electron chi connectivity index (χ0n) is 10.2. The third-order valence-electron chi connectivity index (χ3n) is 1.45. The maximum Gasteiger partial charge on any atom is 0.375 e. The molecule has 0 aromatic rings. The van der Waals surface area contributed by atoms with Crippen LogP contribution in [0.2, 0.25) is 0 Å². The Morgan fingerprint density at radius 3 is 1.88 bits per heavy atom. The molecule has 0 aromatic heterocycles. The summed E-state index contributed by atoms with van der Waals surface area (Å²) >= 11 is 0. The Labute approximate surface area is 94.7 Å². The quantitative estimate of drug-likeness (QED) is 0.320. The summed E-state index contributed by atoms with van der Waals surface area (Å²) in [6.45, 7) is 7.89. The van der Waals surface area contributed by atoms with E-state index in [0.717, 1.165) is 6.08 Å². The number of rotatable bonds is 3. The summed E-state index contributed by atoms with van der Waals surface area (Å²) in [4.78, 5) is 22.7. The lowest BCUT2D eigenvalue weighted by molar-refractivity contribution is -0.214. The van der Waals surface area contributed by atoms with Crippen LogP contribution in [-0.2, 0) is 14.3 Å². The molecule has 0 fully saturated rings. The zero-order valence-corrected chi connectivity index (χ0v) is 10.2. The lowest BCUT2D eigenvalue weighted by Gasteiger charge is -2.24. The summed E-state index contributed by atoms with van der Waals surface area (Å²) in [6.07, 6.45) is 0.976. The smallest absolute Gasteiger partial charge is 0.375 e. The minimum Gasteiger partial charge on any atom is -0.456 e. The standard InChI is InChI=1S/C11H18O5/c1-7(2)6-8(12)11(14,15)9(13)16-10(3,4)5/h6,14-15H,1-5H3. The topological polar surface area (TPSA) is 83.8 Å². The fourth-order valence-electron chi connectivity index (χ4n) is 0.813. The van der Waals surface area contributed by atoms with Crippen molar-refractivity contribution in [2.75, 3.05) is 0 Å². The molecule has 0 aliphatic carbocycles. The predicted octanol–water partition coefficient (Wildman–Crippen LogP) is 0.544. The third kappa shape index (κ3) is 4.55. The van der Waals surface area contributed by atoms with E-state index in [4.69, 9.17) is 4.74 Å². The molecule has 16 heavy (non-hydrogen) atoms. The number of carbonyl (C=O) groups is 2. The van der Waals surface area contributed by atoms with Crippen molar-refractivity contribution >= 4 is 11.8 Å². The molecule has 5 heteroatoms. The van der Waals surface area contributed by atoms with Gasteiger partial charge in [-0.1, -0.05) is 5.57 Å². The number of aliphatic hydroxyl groups is 2. The van der Waals surface area contributed by atoms with Crippen molar-refractivity contribution in [2.24, 2.45) is 0 Å². The molecule has 0 unspecified atom stereocenters. The second kappa shape index (κ2) is 4.76. The Balaban J connectivity index is 4.86. The highest BCUT2D eigenvalue weighted by molar-refractivity contribution is 6.10. The maximum absolute atomic E-state index is 11.3. The Kier molecular flexibility index (Phi) is 4.40. The van der Waals surface area contributed by atoms with E-state index < -0.39 is 23.1 Å². The summed E-state index contributed by atoms with van der Waals surface area (Å²) in [6, 6.07) is 0. The molecule has 0 saturated carbocycles. The van der Waals surface area contributed by atoms with E-state index in [1.54, 1.807) is 34.6 Å². The van der Waals surface area contributed by atoms with E-state index in [1.807, 2.05) is 0 Å². The molecular formula is C11H18O5. The highest BCUT2D eigenvalue weighted by Gasteiger charge is 2.43. The van der Waals surface area contributed by atoms with Gasteiger partial charge in [-0.25, -0.2) is 4.79 Å². The summed E-state index contributed by atoms with van der Waals surface area (Å²) in [7, 11) is 0. The first-order valence-corrected chi connectivity index (χ1v) is 4.84. The van der Waals surface area contributed by atoms with Gasteiger partial charge < -0.3 is 14.9 Å². The van der Waals surface area contributed by atoms with Gasteiger partial charge >= 0.3 is 11.8 Å². The van der Waals surface area contributed by atoms with Crippen molar-refractivity contribution < 1.29 is 24.5 Å². The lowest BCUT2D eigenvalue weighted by atomic mass is 10.1. The average molecular weight is 230 g/mol. The first kappa shape index (κ1) is 14.8. The van der Waals surface area contributed by atoms with Gasteiger partial charge in [-0.05, 0) is 40.7 Å². The van der Waals surface area contributed by atoms with E-state index in [-0.39, 0.29) is 0 Å². The van der Waals surface area contributed by atoms with Gasteiger partial charge in [-0.3, -0.25) is 4.79 Å². The van der Waals surface area contributed by atoms with Crippen LogP contribution in [0.5, 0.6) is 0 Å². The van der Waals surface area contributed by atoms with Crippen LogP contribution in [-0.4, -0.2) is 33.4 Å². The SMILES string of the molecule is CC(C)=CC(=O)C(O)(O)C(=O)OC(C)(C)C. The average Bonchev–Trinajstić information content (AvgIpc) is 1.99. The Hall–Kier alpha value is -1.20. The van der Waals surface area contributed by atoms with Gasteiger partial charge in [-0.15, -0.1) is 0 Å². The fraction of sp³-hybridized carbons (Fsp3) is 0.636. The molecule has 0 aromatic carbocycles. The van der Waals surface area contributed by atoms with Gasteiger partial charge in [0.1, 0.15) is 5.60 Å². The molecule has 0 bridgehead atoms. The van der Waals surface area contributed by atoms with Crippen LogP contribution in [0.4, 0.5) is 0 Å². The normalized spacial score (nSPS) is 11.9. The number of carbonyl (C=O) groups excluding carboxylic acids is 2. The zero-order chi connectivity index (χ0) is 13.1. The minimum atomic E-state index is -3.12. The Morgan fingerprint density at radius 1 is 1.12 bits per heavy atom. The number of hydrogen-bond donors (Lipinski definition) is 2. The number of ketones is 1. The first-order valence-electron chi connectivity index (χ1n) is 4.84. The molecule has 0 aliphatic heterocycles.